The van der Waals surface area contributed by atoms with Crippen molar-refractivity contribution in [2.45, 2.75) is 108 Å². The molecule has 0 bridgehead atoms. The molecule has 3 N–H and O–H groups in total. The Bertz CT molecular complexity index is 300. The fraction of sp³-hybridized carbons (Fsp3) is 1.00. The van der Waals surface area contributed by atoms with E-state index in [1.165, 1.54) is 64.2 Å². The second-order valence-corrected chi connectivity index (χ2v) is 7.33. The first-order valence-corrected chi connectivity index (χ1v) is 10.4. The van der Waals surface area contributed by atoms with Gasteiger partial charge in [0.2, 0.25) is 0 Å². The van der Waals surface area contributed by atoms with E-state index in [2.05, 4.69) is 6.92 Å². The molecule has 0 aromatic carbocycles. The zero-order chi connectivity index (χ0) is 18.3. The van der Waals surface area contributed by atoms with Crippen molar-refractivity contribution in [2.24, 2.45) is 0 Å². The van der Waals surface area contributed by atoms with Crippen LogP contribution in [-0.2, 0) is 9.47 Å². The van der Waals surface area contributed by atoms with E-state index in [0.717, 1.165) is 12.8 Å². The third-order valence-corrected chi connectivity index (χ3v) is 5.10. The van der Waals surface area contributed by atoms with Gasteiger partial charge in [0.1, 0.15) is 24.4 Å². The molecule has 1 heterocycles. The van der Waals surface area contributed by atoms with Crippen molar-refractivity contribution >= 4 is 0 Å². The van der Waals surface area contributed by atoms with Gasteiger partial charge in [0.15, 0.2) is 0 Å². The number of aliphatic hydroxyl groups is 3. The van der Waals surface area contributed by atoms with Gasteiger partial charge in [-0.25, -0.2) is 0 Å². The van der Waals surface area contributed by atoms with Gasteiger partial charge in [-0.05, 0) is 6.42 Å². The first kappa shape index (κ1) is 22.8. The highest BCUT2D eigenvalue weighted by molar-refractivity contribution is 4.87. The van der Waals surface area contributed by atoms with Crippen molar-refractivity contribution in [3.8, 4) is 0 Å². The number of aliphatic hydroxyl groups excluding tert-OH is 3. The molecule has 0 saturated carbocycles. The summed E-state index contributed by atoms with van der Waals surface area (Å²) in [6.45, 7) is 2.77. The van der Waals surface area contributed by atoms with Crippen molar-refractivity contribution in [3.05, 3.63) is 0 Å². The van der Waals surface area contributed by atoms with E-state index < -0.39 is 24.4 Å². The van der Waals surface area contributed by atoms with Crippen LogP contribution >= 0.6 is 0 Å². The Kier molecular flexibility index (Phi) is 13.6. The van der Waals surface area contributed by atoms with Gasteiger partial charge in [0.05, 0.1) is 13.2 Å². The van der Waals surface area contributed by atoms with Crippen molar-refractivity contribution in [1.29, 1.82) is 0 Å². The number of rotatable bonds is 15. The molecule has 1 saturated heterocycles. The zero-order valence-corrected chi connectivity index (χ0v) is 16.1. The maximum Gasteiger partial charge on any atom is 0.111 e. The summed E-state index contributed by atoms with van der Waals surface area (Å²) < 4.78 is 10.9. The summed E-state index contributed by atoms with van der Waals surface area (Å²) in [6.07, 6.45) is 12.3. The maximum atomic E-state index is 9.96. The molecule has 1 fully saturated rings. The summed E-state index contributed by atoms with van der Waals surface area (Å²) >= 11 is 0. The molecule has 0 radical (unpaired) electrons. The minimum absolute atomic E-state index is 0.224. The largest absolute Gasteiger partial charge is 0.394 e. The number of ether oxygens (including phenoxy) is 2. The van der Waals surface area contributed by atoms with Crippen LogP contribution in [0.1, 0.15) is 84.0 Å². The van der Waals surface area contributed by atoms with Crippen LogP contribution in [-0.4, -0.2) is 59.6 Å². The Balaban J connectivity index is 1.87. The van der Waals surface area contributed by atoms with E-state index in [0.29, 0.717) is 6.61 Å². The summed E-state index contributed by atoms with van der Waals surface area (Å²) in [5.74, 6) is 0. The quantitative estimate of drug-likeness (QED) is 0.391. The van der Waals surface area contributed by atoms with Gasteiger partial charge in [-0.15, -0.1) is 0 Å². The predicted molar refractivity (Wildman–Crippen MR) is 99.7 cm³/mol. The molecule has 0 spiro atoms. The highest BCUT2D eigenvalue weighted by atomic mass is 16.6. The molecule has 0 unspecified atom stereocenters. The van der Waals surface area contributed by atoms with E-state index in [9.17, 15) is 10.2 Å². The van der Waals surface area contributed by atoms with Crippen LogP contribution in [0.25, 0.3) is 0 Å². The Morgan fingerprint density at radius 1 is 0.800 bits per heavy atom. The molecule has 5 nitrogen and oxygen atoms in total. The molecule has 0 aliphatic carbocycles. The molecule has 150 valence electrons. The summed E-state index contributed by atoms with van der Waals surface area (Å²) in [4.78, 5) is 0. The molecule has 0 aromatic rings. The highest BCUT2D eigenvalue weighted by Crippen LogP contribution is 2.18. The third kappa shape index (κ3) is 9.90. The smallest absolute Gasteiger partial charge is 0.111 e. The molecule has 0 aromatic heterocycles. The van der Waals surface area contributed by atoms with Crippen molar-refractivity contribution in [3.63, 3.8) is 0 Å². The summed E-state index contributed by atoms with van der Waals surface area (Å²) in [7, 11) is 0. The number of hydrogen-bond acceptors (Lipinski definition) is 5. The Labute approximate surface area is 153 Å². The third-order valence-electron chi connectivity index (χ3n) is 5.10. The first-order valence-electron chi connectivity index (χ1n) is 10.4. The number of hydrogen-bond donors (Lipinski definition) is 3. The number of unbranched alkanes of at least 4 members (excludes halogenated alkanes) is 11. The minimum Gasteiger partial charge on any atom is -0.394 e. The lowest BCUT2D eigenvalue weighted by Gasteiger charge is -2.36. The Morgan fingerprint density at radius 2 is 1.32 bits per heavy atom. The van der Waals surface area contributed by atoms with Crippen LogP contribution < -0.4 is 0 Å². The lowest BCUT2D eigenvalue weighted by Crippen LogP contribution is -2.55. The van der Waals surface area contributed by atoms with Crippen molar-refractivity contribution in [1.82, 2.24) is 0 Å². The van der Waals surface area contributed by atoms with E-state index in [-0.39, 0.29) is 13.2 Å². The van der Waals surface area contributed by atoms with Crippen LogP contribution in [0.2, 0.25) is 0 Å². The highest BCUT2D eigenvalue weighted by Gasteiger charge is 2.38. The van der Waals surface area contributed by atoms with Gasteiger partial charge >= 0.3 is 0 Å². The fourth-order valence-corrected chi connectivity index (χ4v) is 3.34. The summed E-state index contributed by atoms with van der Waals surface area (Å²) in [5, 5.41) is 28.8. The maximum absolute atomic E-state index is 9.96. The molecule has 0 amide bonds. The van der Waals surface area contributed by atoms with Crippen LogP contribution in [0.3, 0.4) is 0 Å². The summed E-state index contributed by atoms with van der Waals surface area (Å²) in [5.41, 5.74) is 0. The lowest BCUT2D eigenvalue weighted by atomic mass is 10.0. The van der Waals surface area contributed by atoms with Crippen molar-refractivity contribution in [2.75, 3.05) is 19.8 Å². The molecular formula is C20H40O5. The fourth-order valence-electron chi connectivity index (χ4n) is 3.34. The second-order valence-electron chi connectivity index (χ2n) is 7.33. The topological polar surface area (TPSA) is 79.2 Å². The van der Waals surface area contributed by atoms with Gasteiger partial charge in [0, 0.05) is 6.61 Å². The van der Waals surface area contributed by atoms with Crippen LogP contribution in [0.5, 0.6) is 0 Å². The van der Waals surface area contributed by atoms with Gasteiger partial charge < -0.3 is 24.8 Å². The van der Waals surface area contributed by atoms with Gasteiger partial charge in [-0.1, -0.05) is 77.6 Å². The average molecular weight is 361 g/mol. The zero-order valence-electron chi connectivity index (χ0n) is 16.1. The lowest BCUT2D eigenvalue weighted by molar-refractivity contribution is -0.208. The van der Waals surface area contributed by atoms with E-state index in [4.69, 9.17) is 14.6 Å². The van der Waals surface area contributed by atoms with Gasteiger partial charge in [-0.2, -0.15) is 0 Å². The minimum atomic E-state index is -1.08. The van der Waals surface area contributed by atoms with Crippen LogP contribution in [0.4, 0.5) is 0 Å². The molecule has 1 rings (SSSR count). The average Bonchev–Trinajstić information content (AvgIpc) is 2.62. The van der Waals surface area contributed by atoms with E-state index in [1.807, 2.05) is 0 Å². The molecule has 4 atom stereocenters. The summed E-state index contributed by atoms with van der Waals surface area (Å²) in [6, 6.07) is 0. The SMILES string of the molecule is CCCCCCCCCCCCCCO[C@H]1CO[C@H](CO)[C@@H](O)[C@@H]1O. The van der Waals surface area contributed by atoms with Gasteiger partial charge in [0.25, 0.3) is 0 Å². The van der Waals surface area contributed by atoms with Crippen molar-refractivity contribution < 1.29 is 24.8 Å². The van der Waals surface area contributed by atoms with Gasteiger partial charge in [-0.3, -0.25) is 0 Å². The standard InChI is InChI=1S/C20H40O5/c1-2-3-4-5-6-7-8-9-10-11-12-13-14-24-18-16-25-17(15-21)19(22)20(18)23/h17-23H,2-16H2,1H3/t17-,18+,19-,20-/m1/s1. The predicted octanol–water partition coefficient (Wildman–Crippen LogP) is 3.19. The molecule has 1 aliphatic rings. The second kappa shape index (κ2) is 14.9. The Morgan fingerprint density at radius 3 is 1.84 bits per heavy atom. The molecule has 25 heavy (non-hydrogen) atoms. The molecule has 5 heteroatoms. The normalized spacial score (nSPS) is 26.9. The first-order chi connectivity index (χ1) is 12.2. The van der Waals surface area contributed by atoms with E-state index in [1.54, 1.807) is 0 Å². The monoisotopic (exact) mass is 360 g/mol. The van der Waals surface area contributed by atoms with Crippen LogP contribution in [0, 0.1) is 0 Å². The molecular weight excluding hydrogens is 320 g/mol. The Hall–Kier alpha value is -0.200. The molecule has 1 aliphatic heterocycles. The van der Waals surface area contributed by atoms with E-state index >= 15 is 0 Å². The van der Waals surface area contributed by atoms with Crippen LogP contribution in [0.15, 0.2) is 0 Å².